The Morgan fingerprint density at radius 3 is 2.55 bits per heavy atom. The molecule has 0 bridgehead atoms. The number of aromatic nitrogens is 3. The number of hydrogen-bond acceptors (Lipinski definition) is 5. The Hall–Kier alpha value is -1.92. The molecule has 116 valence electrons. The lowest BCUT2D eigenvalue weighted by Crippen LogP contribution is -2.13. The van der Waals surface area contributed by atoms with Crippen LogP contribution in [0.25, 0.3) is 5.83 Å². The number of aryl methyl sites for hydroxylation is 1. The maximum atomic E-state index is 13.7. The summed E-state index contributed by atoms with van der Waals surface area (Å²) in [7, 11) is 0. The lowest BCUT2D eigenvalue weighted by Gasteiger charge is -2.16. The van der Waals surface area contributed by atoms with Crippen LogP contribution in [0, 0.1) is 6.92 Å². The second kappa shape index (κ2) is 6.89. The standard InChI is InChI=1S/C14H14Cl2FN5/c1-7-5-3-4-6-9(7)8(2)19-14-21-12(10(17)11(15)16)20-13(18)22-14/h3-6,8H,1-2H3,(H3,18,19,20,21,22). The van der Waals surface area contributed by atoms with Crippen molar-refractivity contribution in [1.29, 1.82) is 0 Å². The summed E-state index contributed by atoms with van der Waals surface area (Å²) in [5.74, 6) is -1.26. The second-order valence-corrected chi connectivity index (χ2v) is 5.59. The number of benzene rings is 1. The monoisotopic (exact) mass is 341 g/mol. The van der Waals surface area contributed by atoms with E-state index in [-0.39, 0.29) is 23.8 Å². The van der Waals surface area contributed by atoms with Crippen LogP contribution in [0.4, 0.5) is 16.3 Å². The minimum absolute atomic E-state index is 0.102. The fraction of sp³-hybridized carbons (Fsp3) is 0.214. The zero-order valence-corrected chi connectivity index (χ0v) is 13.5. The van der Waals surface area contributed by atoms with Crippen molar-refractivity contribution in [3.05, 3.63) is 45.7 Å². The van der Waals surface area contributed by atoms with Gasteiger partial charge in [-0.1, -0.05) is 47.5 Å². The molecule has 0 saturated heterocycles. The molecule has 0 saturated carbocycles. The normalized spacial score (nSPS) is 11.9. The van der Waals surface area contributed by atoms with Crippen molar-refractivity contribution in [2.24, 2.45) is 0 Å². The summed E-state index contributed by atoms with van der Waals surface area (Å²) in [4.78, 5) is 11.5. The molecule has 5 nitrogen and oxygen atoms in total. The molecule has 0 radical (unpaired) electrons. The molecule has 0 spiro atoms. The Bertz CT molecular complexity index is 716. The van der Waals surface area contributed by atoms with E-state index in [1.165, 1.54) is 0 Å². The third-order valence-electron chi connectivity index (χ3n) is 3.02. The first kappa shape index (κ1) is 16.5. The summed E-state index contributed by atoms with van der Waals surface area (Å²) in [6.45, 7) is 3.93. The summed E-state index contributed by atoms with van der Waals surface area (Å²) >= 11 is 10.8. The van der Waals surface area contributed by atoms with Crippen LogP contribution in [0.3, 0.4) is 0 Å². The number of rotatable bonds is 4. The van der Waals surface area contributed by atoms with Gasteiger partial charge >= 0.3 is 0 Å². The molecule has 1 heterocycles. The zero-order valence-electron chi connectivity index (χ0n) is 11.9. The number of nitrogens with zero attached hydrogens (tertiary/aromatic N) is 3. The van der Waals surface area contributed by atoms with Crippen molar-refractivity contribution in [2.75, 3.05) is 11.1 Å². The Morgan fingerprint density at radius 2 is 1.91 bits per heavy atom. The number of hydrogen-bond donors (Lipinski definition) is 2. The van der Waals surface area contributed by atoms with Crippen molar-refractivity contribution in [3.63, 3.8) is 0 Å². The Kier molecular flexibility index (Phi) is 5.15. The third kappa shape index (κ3) is 3.84. The number of nitrogens with two attached hydrogens (primary N) is 1. The van der Waals surface area contributed by atoms with Crippen LogP contribution < -0.4 is 11.1 Å². The lowest BCUT2D eigenvalue weighted by molar-refractivity contribution is 0.738. The molecule has 1 aromatic heterocycles. The SMILES string of the molecule is Cc1ccccc1C(C)Nc1nc(N)nc(C(F)=C(Cl)Cl)n1. The average molecular weight is 342 g/mol. The van der Waals surface area contributed by atoms with Gasteiger partial charge in [-0.2, -0.15) is 15.0 Å². The Balaban J connectivity index is 2.30. The van der Waals surface area contributed by atoms with Crippen LogP contribution in [-0.4, -0.2) is 15.0 Å². The first-order valence-electron chi connectivity index (χ1n) is 6.43. The molecule has 8 heteroatoms. The largest absolute Gasteiger partial charge is 0.368 e. The van der Waals surface area contributed by atoms with Gasteiger partial charge in [0.05, 0.1) is 6.04 Å². The zero-order chi connectivity index (χ0) is 16.3. The molecule has 0 aliphatic rings. The third-order valence-corrected chi connectivity index (χ3v) is 3.35. The van der Waals surface area contributed by atoms with Gasteiger partial charge in [0.15, 0.2) is 11.7 Å². The van der Waals surface area contributed by atoms with Crippen LogP contribution in [0.5, 0.6) is 0 Å². The van der Waals surface area contributed by atoms with Crippen molar-refractivity contribution < 1.29 is 4.39 Å². The van der Waals surface area contributed by atoms with E-state index >= 15 is 0 Å². The van der Waals surface area contributed by atoms with Gasteiger partial charge in [0.2, 0.25) is 11.9 Å². The summed E-state index contributed by atoms with van der Waals surface area (Å²) in [6.07, 6.45) is 0. The molecule has 2 aromatic rings. The van der Waals surface area contributed by atoms with E-state index < -0.39 is 10.3 Å². The first-order valence-corrected chi connectivity index (χ1v) is 7.19. The van der Waals surface area contributed by atoms with Crippen LogP contribution in [0.15, 0.2) is 28.8 Å². The number of nitrogen functional groups attached to an aromatic ring is 1. The van der Waals surface area contributed by atoms with Gasteiger partial charge in [-0.15, -0.1) is 0 Å². The van der Waals surface area contributed by atoms with E-state index in [0.717, 1.165) is 11.1 Å². The smallest absolute Gasteiger partial charge is 0.228 e. The summed E-state index contributed by atoms with van der Waals surface area (Å²) in [5, 5.41) is 3.06. The maximum absolute atomic E-state index is 13.7. The fourth-order valence-corrected chi connectivity index (χ4v) is 2.15. The van der Waals surface area contributed by atoms with Gasteiger partial charge in [0.25, 0.3) is 0 Å². The highest BCUT2D eigenvalue weighted by molar-refractivity contribution is 6.58. The van der Waals surface area contributed by atoms with Gasteiger partial charge in [-0.25, -0.2) is 4.39 Å². The quantitative estimate of drug-likeness (QED) is 0.878. The maximum Gasteiger partial charge on any atom is 0.228 e. The van der Waals surface area contributed by atoms with Gasteiger partial charge in [0.1, 0.15) is 4.49 Å². The Labute approximate surface area is 137 Å². The molecular weight excluding hydrogens is 328 g/mol. The van der Waals surface area contributed by atoms with E-state index in [2.05, 4.69) is 20.3 Å². The van der Waals surface area contributed by atoms with Crippen molar-refractivity contribution in [3.8, 4) is 0 Å². The molecule has 0 aliphatic carbocycles. The lowest BCUT2D eigenvalue weighted by atomic mass is 10.0. The number of nitrogens with one attached hydrogen (secondary N) is 1. The summed E-state index contributed by atoms with van der Waals surface area (Å²) < 4.78 is 13.2. The van der Waals surface area contributed by atoms with Crippen LogP contribution >= 0.6 is 23.2 Å². The minimum Gasteiger partial charge on any atom is -0.368 e. The molecule has 3 N–H and O–H groups in total. The van der Waals surface area contributed by atoms with E-state index in [9.17, 15) is 4.39 Å². The van der Waals surface area contributed by atoms with E-state index in [0.29, 0.717) is 0 Å². The van der Waals surface area contributed by atoms with E-state index in [1.54, 1.807) is 0 Å². The molecule has 0 amide bonds. The molecule has 1 atom stereocenters. The highest BCUT2D eigenvalue weighted by atomic mass is 35.5. The molecule has 2 rings (SSSR count). The van der Waals surface area contributed by atoms with Crippen molar-refractivity contribution in [2.45, 2.75) is 19.9 Å². The van der Waals surface area contributed by atoms with E-state index in [4.69, 9.17) is 28.9 Å². The van der Waals surface area contributed by atoms with E-state index in [1.807, 2.05) is 38.1 Å². The average Bonchev–Trinajstić information content (AvgIpc) is 2.46. The molecule has 1 aromatic carbocycles. The predicted octanol–water partition coefficient (Wildman–Crippen LogP) is 4.01. The highest BCUT2D eigenvalue weighted by Crippen LogP contribution is 2.25. The molecular formula is C14H14Cl2FN5. The second-order valence-electron chi connectivity index (χ2n) is 4.64. The van der Waals surface area contributed by atoms with Crippen molar-refractivity contribution >= 4 is 40.9 Å². The number of halogens is 3. The first-order chi connectivity index (χ1) is 10.4. The van der Waals surface area contributed by atoms with Crippen LogP contribution in [0.2, 0.25) is 0 Å². The van der Waals surface area contributed by atoms with Crippen LogP contribution in [0.1, 0.15) is 29.9 Å². The number of anilines is 2. The highest BCUT2D eigenvalue weighted by Gasteiger charge is 2.15. The van der Waals surface area contributed by atoms with Crippen LogP contribution in [-0.2, 0) is 0 Å². The molecule has 22 heavy (non-hydrogen) atoms. The van der Waals surface area contributed by atoms with Gasteiger partial charge < -0.3 is 11.1 Å². The Morgan fingerprint density at radius 1 is 1.23 bits per heavy atom. The molecule has 1 unspecified atom stereocenters. The topological polar surface area (TPSA) is 76.7 Å². The van der Waals surface area contributed by atoms with Gasteiger partial charge in [-0.05, 0) is 25.0 Å². The summed E-state index contributed by atoms with van der Waals surface area (Å²) in [5.41, 5.74) is 7.74. The fourth-order valence-electron chi connectivity index (χ4n) is 1.98. The van der Waals surface area contributed by atoms with Gasteiger partial charge in [0, 0.05) is 0 Å². The summed E-state index contributed by atoms with van der Waals surface area (Å²) in [6, 6.07) is 7.76. The van der Waals surface area contributed by atoms with Gasteiger partial charge in [-0.3, -0.25) is 0 Å². The minimum atomic E-state index is -0.955. The predicted molar refractivity (Wildman–Crippen MR) is 87.2 cm³/mol. The molecule has 0 fully saturated rings. The van der Waals surface area contributed by atoms with Crippen molar-refractivity contribution in [1.82, 2.24) is 15.0 Å². The molecule has 0 aliphatic heterocycles.